The van der Waals surface area contributed by atoms with E-state index in [1.807, 2.05) is 0 Å². The van der Waals surface area contributed by atoms with Crippen molar-refractivity contribution in [1.29, 1.82) is 0 Å². The van der Waals surface area contributed by atoms with E-state index in [4.69, 9.17) is 4.74 Å². The molecule has 1 nitrogen and oxygen atoms in total. The molecule has 0 aromatic heterocycles. The monoisotopic (exact) mass is 140 g/mol. The first-order chi connectivity index (χ1) is 4.73. The van der Waals surface area contributed by atoms with Gasteiger partial charge in [-0.1, -0.05) is 13.8 Å². The topological polar surface area (TPSA) is 12.5 Å². The van der Waals surface area contributed by atoms with Crippen LogP contribution < -0.4 is 0 Å². The Kier molecular flexibility index (Phi) is 1.31. The Morgan fingerprint density at radius 3 is 2.60 bits per heavy atom. The fourth-order valence-corrected chi connectivity index (χ4v) is 2.19. The van der Waals surface area contributed by atoms with Crippen LogP contribution in [0.4, 0.5) is 0 Å². The molecule has 58 valence electrons. The lowest BCUT2D eigenvalue weighted by Gasteiger charge is -2.29. The molecule has 2 aliphatic rings. The lowest BCUT2D eigenvalue weighted by atomic mass is 9.76. The summed E-state index contributed by atoms with van der Waals surface area (Å²) in [5.41, 5.74) is 0.368. The van der Waals surface area contributed by atoms with Gasteiger partial charge in [-0.05, 0) is 31.1 Å². The van der Waals surface area contributed by atoms with E-state index in [-0.39, 0.29) is 0 Å². The Labute approximate surface area is 62.8 Å². The van der Waals surface area contributed by atoms with Gasteiger partial charge in [0.15, 0.2) is 0 Å². The normalized spacial score (nSPS) is 53.4. The van der Waals surface area contributed by atoms with Crippen molar-refractivity contribution in [2.45, 2.75) is 38.7 Å². The molecule has 2 fully saturated rings. The third kappa shape index (κ3) is 0.878. The predicted molar refractivity (Wildman–Crippen MR) is 40.9 cm³/mol. The van der Waals surface area contributed by atoms with Gasteiger partial charge in [0.2, 0.25) is 0 Å². The highest BCUT2D eigenvalue weighted by Gasteiger charge is 2.51. The molecule has 1 saturated carbocycles. The SMILES string of the molecule is CC1CCC2(CO2)C(C)C1. The van der Waals surface area contributed by atoms with E-state index >= 15 is 0 Å². The van der Waals surface area contributed by atoms with Crippen LogP contribution in [-0.4, -0.2) is 12.2 Å². The van der Waals surface area contributed by atoms with E-state index in [1.54, 1.807) is 0 Å². The van der Waals surface area contributed by atoms with Crippen LogP contribution in [0.5, 0.6) is 0 Å². The second-order valence-electron chi connectivity index (χ2n) is 4.13. The molecule has 0 bridgehead atoms. The molecule has 0 aromatic rings. The lowest BCUT2D eigenvalue weighted by molar-refractivity contribution is 0.141. The Bertz CT molecular complexity index is 138. The van der Waals surface area contributed by atoms with Gasteiger partial charge < -0.3 is 4.74 Å². The van der Waals surface area contributed by atoms with Gasteiger partial charge in [-0.2, -0.15) is 0 Å². The predicted octanol–water partition coefficient (Wildman–Crippen LogP) is 2.21. The van der Waals surface area contributed by atoms with E-state index < -0.39 is 0 Å². The zero-order chi connectivity index (χ0) is 7.19. The van der Waals surface area contributed by atoms with E-state index in [2.05, 4.69) is 13.8 Å². The Morgan fingerprint density at radius 1 is 1.40 bits per heavy atom. The number of epoxide rings is 1. The van der Waals surface area contributed by atoms with Crippen molar-refractivity contribution in [1.82, 2.24) is 0 Å². The molecule has 2 rings (SSSR count). The van der Waals surface area contributed by atoms with Crippen LogP contribution in [0.1, 0.15) is 33.1 Å². The first kappa shape index (κ1) is 6.66. The molecule has 1 heterocycles. The summed E-state index contributed by atoms with van der Waals surface area (Å²) in [6, 6.07) is 0. The first-order valence-corrected chi connectivity index (χ1v) is 4.37. The highest BCUT2D eigenvalue weighted by molar-refractivity contribution is 4.99. The number of hydrogen-bond donors (Lipinski definition) is 0. The molecule has 0 N–H and O–H groups in total. The van der Waals surface area contributed by atoms with Gasteiger partial charge in [0.25, 0.3) is 0 Å². The highest BCUT2D eigenvalue weighted by Crippen LogP contribution is 2.47. The molecule has 0 amide bonds. The van der Waals surface area contributed by atoms with Crippen molar-refractivity contribution in [3.63, 3.8) is 0 Å². The quantitative estimate of drug-likeness (QED) is 0.470. The van der Waals surface area contributed by atoms with Gasteiger partial charge in [-0.3, -0.25) is 0 Å². The van der Waals surface area contributed by atoms with Gasteiger partial charge in [-0.25, -0.2) is 0 Å². The summed E-state index contributed by atoms with van der Waals surface area (Å²) in [5, 5.41) is 0. The maximum atomic E-state index is 5.50. The molecule has 1 spiro atoms. The molecule has 3 unspecified atom stereocenters. The van der Waals surface area contributed by atoms with Crippen LogP contribution in [0.15, 0.2) is 0 Å². The average Bonchev–Trinajstić information content (AvgIpc) is 2.62. The fourth-order valence-electron chi connectivity index (χ4n) is 2.19. The molecular formula is C9H16O. The second kappa shape index (κ2) is 1.97. The molecule has 1 aliphatic carbocycles. The van der Waals surface area contributed by atoms with Crippen LogP contribution in [0, 0.1) is 11.8 Å². The van der Waals surface area contributed by atoms with Crippen LogP contribution in [0.2, 0.25) is 0 Å². The van der Waals surface area contributed by atoms with Crippen LogP contribution in [-0.2, 0) is 4.74 Å². The van der Waals surface area contributed by atoms with Gasteiger partial charge in [0.1, 0.15) is 0 Å². The summed E-state index contributed by atoms with van der Waals surface area (Å²) in [6.07, 6.45) is 4.07. The van der Waals surface area contributed by atoms with Crippen molar-refractivity contribution in [2.75, 3.05) is 6.61 Å². The molecule has 1 aliphatic heterocycles. The van der Waals surface area contributed by atoms with E-state index in [1.165, 1.54) is 19.3 Å². The molecule has 3 atom stereocenters. The number of rotatable bonds is 0. The molecule has 0 radical (unpaired) electrons. The molecule has 0 aromatic carbocycles. The van der Waals surface area contributed by atoms with E-state index in [9.17, 15) is 0 Å². The maximum Gasteiger partial charge on any atom is 0.0942 e. The van der Waals surface area contributed by atoms with Gasteiger partial charge in [-0.15, -0.1) is 0 Å². The standard InChI is InChI=1S/C9H16O/c1-7-3-4-9(6-10-9)8(2)5-7/h7-8H,3-6H2,1-2H3. The minimum Gasteiger partial charge on any atom is -0.369 e. The van der Waals surface area contributed by atoms with E-state index in [0.29, 0.717) is 5.60 Å². The largest absolute Gasteiger partial charge is 0.369 e. The van der Waals surface area contributed by atoms with E-state index in [0.717, 1.165) is 18.4 Å². The molecule has 10 heavy (non-hydrogen) atoms. The number of ether oxygens (including phenoxy) is 1. The summed E-state index contributed by atoms with van der Waals surface area (Å²) >= 11 is 0. The Hall–Kier alpha value is -0.0400. The summed E-state index contributed by atoms with van der Waals surface area (Å²) in [4.78, 5) is 0. The molecular weight excluding hydrogens is 124 g/mol. The van der Waals surface area contributed by atoms with Crippen molar-refractivity contribution < 1.29 is 4.74 Å². The highest BCUT2D eigenvalue weighted by atomic mass is 16.6. The van der Waals surface area contributed by atoms with Crippen molar-refractivity contribution in [3.8, 4) is 0 Å². The zero-order valence-corrected chi connectivity index (χ0v) is 6.89. The Morgan fingerprint density at radius 2 is 2.10 bits per heavy atom. The lowest BCUT2D eigenvalue weighted by Crippen LogP contribution is -2.29. The molecule has 1 heteroatoms. The van der Waals surface area contributed by atoms with Gasteiger partial charge >= 0.3 is 0 Å². The van der Waals surface area contributed by atoms with Gasteiger partial charge in [0.05, 0.1) is 12.2 Å². The molecule has 1 saturated heterocycles. The minimum absolute atomic E-state index is 0.368. The van der Waals surface area contributed by atoms with Crippen molar-refractivity contribution >= 4 is 0 Å². The van der Waals surface area contributed by atoms with Crippen LogP contribution in [0.3, 0.4) is 0 Å². The van der Waals surface area contributed by atoms with Crippen molar-refractivity contribution in [3.05, 3.63) is 0 Å². The summed E-state index contributed by atoms with van der Waals surface area (Å²) < 4.78 is 5.50. The van der Waals surface area contributed by atoms with Crippen molar-refractivity contribution in [2.24, 2.45) is 11.8 Å². The second-order valence-corrected chi connectivity index (χ2v) is 4.13. The Balaban J connectivity index is 2.01. The summed E-state index contributed by atoms with van der Waals surface area (Å²) in [6.45, 7) is 5.73. The zero-order valence-electron chi connectivity index (χ0n) is 6.89. The summed E-state index contributed by atoms with van der Waals surface area (Å²) in [7, 11) is 0. The smallest absolute Gasteiger partial charge is 0.0942 e. The average molecular weight is 140 g/mol. The first-order valence-electron chi connectivity index (χ1n) is 4.37. The summed E-state index contributed by atoms with van der Waals surface area (Å²) in [5.74, 6) is 1.75. The van der Waals surface area contributed by atoms with Gasteiger partial charge in [0, 0.05) is 0 Å². The third-order valence-corrected chi connectivity index (χ3v) is 3.23. The third-order valence-electron chi connectivity index (χ3n) is 3.23. The van der Waals surface area contributed by atoms with Crippen LogP contribution in [0.25, 0.3) is 0 Å². The number of hydrogen-bond acceptors (Lipinski definition) is 1. The minimum atomic E-state index is 0.368. The maximum absolute atomic E-state index is 5.50. The van der Waals surface area contributed by atoms with Crippen LogP contribution >= 0.6 is 0 Å². The fraction of sp³-hybridized carbons (Fsp3) is 1.00.